The highest BCUT2D eigenvalue weighted by atomic mass is 16.5. The Morgan fingerprint density at radius 1 is 1.15 bits per heavy atom. The van der Waals surface area contributed by atoms with Crippen molar-refractivity contribution in [2.45, 2.75) is 90.4 Å². The van der Waals surface area contributed by atoms with Gasteiger partial charge >= 0.3 is 0 Å². The van der Waals surface area contributed by atoms with Gasteiger partial charge in [0.05, 0.1) is 25.5 Å². The molecule has 214 valence electrons. The molecule has 11 heteroatoms. The summed E-state index contributed by atoms with van der Waals surface area (Å²) in [5.74, 6) is 2.92. The summed E-state index contributed by atoms with van der Waals surface area (Å²) in [6.45, 7) is 6.91. The smallest absolute Gasteiger partial charge is 0.249 e. The predicted molar refractivity (Wildman–Crippen MR) is 155 cm³/mol. The molecule has 2 N–H and O–H groups in total. The standard InChI is InChI=1S/C29H40N8O3/c1-6-19(7-2)30-17-25-34-35-27(40-25)18-13-14-21(24(15-18)39-5)32-29-31-16-23-26(33-29)37(20-11-9-10-12-20)22(8-3)28(38)36(23)4/h13-16,19-20,22,30H,6-12,17H2,1-5H3,(H,31,32,33)/t22-/m1/s1. The number of amides is 1. The molecule has 0 unspecified atom stereocenters. The third kappa shape index (κ3) is 5.47. The lowest BCUT2D eigenvalue weighted by Gasteiger charge is -2.43. The van der Waals surface area contributed by atoms with Crippen molar-refractivity contribution in [2.75, 3.05) is 29.3 Å². The average Bonchev–Trinajstić information content (AvgIpc) is 3.68. The minimum atomic E-state index is -0.221. The Hall–Kier alpha value is -3.73. The maximum Gasteiger partial charge on any atom is 0.249 e. The minimum absolute atomic E-state index is 0.0963. The van der Waals surface area contributed by atoms with E-state index in [9.17, 15) is 4.79 Å². The zero-order valence-electron chi connectivity index (χ0n) is 24.1. The lowest BCUT2D eigenvalue weighted by Crippen LogP contribution is -2.55. The van der Waals surface area contributed by atoms with Gasteiger partial charge in [-0.3, -0.25) is 4.79 Å². The number of aromatic nitrogens is 4. The number of nitrogens with zero attached hydrogens (tertiary/aromatic N) is 6. The Morgan fingerprint density at radius 2 is 1.93 bits per heavy atom. The van der Waals surface area contributed by atoms with E-state index in [4.69, 9.17) is 14.1 Å². The van der Waals surface area contributed by atoms with E-state index in [0.717, 1.165) is 49.2 Å². The SMILES string of the molecule is CCC(CC)NCc1nnc(-c2ccc(Nc3ncc4c(n3)N(C3CCCC3)[C@H](CC)C(=O)N4C)c(OC)c2)o1. The predicted octanol–water partition coefficient (Wildman–Crippen LogP) is 5.06. The molecule has 5 rings (SSSR count). The number of hydrogen-bond acceptors (Lipinski definition) is 10. The van der Waals surface area contributed by atoms with E-state index in [0.29, 0.717) is 47.8 Å². The van der Waals surface area contributed by atoms with Gasteiger partial charge in [-0.05, 0) is 50.3 Å². The number of methoxy groups -OCH3 is 1. The molecule has 1 fully saturated rings. The van der Waals surface area contributed by atoms with Gasteiger partial charge in [0.25, 0.3) is 0 Å². The van der Waals surface area contributed by atoms with Gasteiger partial charge in [0.1, 0.15) is 17.5 Å². The van der Waals surface area contributed by atoms with E-state index in [1.54, 1.807) is 25.3 Å². The number of fused-ring (bicyclic) bond motifs is 1. The van der Waals surface area contributed by atoms with Gasteiger partial charge in [-0.15, -0.1) is 10.2 Å². The van der Waals surface area contributed by atoms with Crippen molar-refractivity contribution < 1.29 is 13.9 Å². The first kappa shape index (κ1) is 27.8. The van der Waals surface area contributed by atoms with Gasteiger partial charge in [-0.1, -0.05) is 33.6 Å². The number of likely N-dealkylation sites (N-methyl/N-ethyl adjacent to an activating group) is 1. The molecule has 40 heavy (non-hydrogen) atoms. The van der Waals surface area contributed by atoms with E-state index >= 15 is 0 Å². The van der Waals surface area contributed by atoms with Crippen LogP contribution in [0.2, 0.25) is 0 Å². The molecule has 1 aliphatic heterocycles. The fourth-order valence-electron chi connectivity index (χ4n) is 5.74. The largest absolute Gasteiger partial charge is 0.495 e. The van der Waals surface area contributed by atoms with E-state index in [-0.39, 0.29) is 11.9 Å². The quantitative estimate of drug-likeness (QED) is 0.336. The third-order valence-electron chi connectivity index (χ3n) is 8.10. The molecule has 0 saturated heterocycles. The zero-order chi connectivity index (χ0) is 28.2. The average molecular weight is 549 g/mol. The Labute approximate surface area is 235 Å². The second-order valence-electron chi connectivity index (χ2n) is 10.5. The lowest BCUT2D eigenvalue weighted by atomic mass is 10.0. The Morgan fingerprint density at radius 3 is 2.62 bits per heavy atom. The second-order valence-corrected chi connectivity index (χ2v) is 10.5. The molecule has 0 spiro atoms. The topological polar surface area (TPSA) is 122 Å². The van der Waals surface area contributed by atoms with Crippen LogP contribution in [0.4, 0.5) is 23.1 Å². The van der Waals surface area contributed by atoms with Gasteiger partial charge in [0.2, 0.25) is 23.6 Å². The lowest BCUT2D eigenvalue weighted by molar-refractivity contribution is -0.120. The minimum Gasteiger partial charge on any atom is -0.495 e. The number of anilines is 4. The van der Waals surface area contributed by atoms with E-state index in [1.165, 1.54) is 12.8 Å². The first-order valence-corrected chi connectivity index (χ1v) is 14.4. The van der Waals surface area contributed by atoms with E-state index in [1.807, 2.05) is 18.2 Å². The van der Waals surface area contributed by atoms with Gasteiger partial charge in [0, 0.05) is 24.7 Å². The molecule has 1 saturated carbocycles. The van der Waals surface area contributed by atoms with Crippen LogP contribution in [-0.4, -0.2) is 58.4 Å². The number of hydrogen-bond donors (Lipinski definition) is 2. The van der Waals surface area contributed by atoms with Crippen molar-refractivity contribution in [1.29, 1.82) is 0 Å². The van der Waals surface area contributed by atoms with Gasteiger partial charge in [-0.2, -0.15) is 4.98 Å². The molecule has 11 nitrogen and oxygen atoms in total. The summed E-state index contributed by atoms with van der Waals surface area (Å²) in [6, 6.07) is 6.16. The van der Waals surface area contributed by atoms with Crippen molar-refractivity contribution in [3.8, 4) is 17.2 Å². The summed E-state index contributed by atoms with van der Waals surface area (Å²) in [6.07, 6.45) is 9.03. The summed E-state index contributed by atoms with van der Waals surface area (Å²) in [7, 11) is 3.42. The van der Waals surface area contributed by atoms with Crippen LogP contribution < -0.4 is 25.2 Å². The highest BCUT2D eigenvalue weighted by molar-refractivity contribution is 6.04. The van der Waals surface area contributed by atoms with Gasteiger partial charge < -0.3 is 29.6 Å². The molecular weight excluding hydrogens is 508 g/mol. The monoisotopic (exact) mass is 548 g/mol. The first-order valence-electron chi connectivity index (χ1n) is 14.4. The van der Waals surface area contributed by atoms with Gasteiger partial charge in [0.15, 0.2) is 5.82 Å². The molecule has 2 aromatic heterocycles. The number of carbonyl (C=O) groups excluding carboxylic acids is 1. The maximum absolute atomic E-state index is 13.2. The molecule has 3 aromatic rings. The molecule has 2 aliphatic rings. The summed E-state index contributed by atoms with van der Waals surface area (Å²) in [5.41, 5.74) is 2.20. The van der Waals surface area contributed by atoms with Crippen LogP contribution in [0.3, 0.4) is 0 Å². The molecular formula is C29H40N8O3. The first-order chi connectivity index (χ1) is 19.5. The summed E-state index contributed by atoms with van der Waals surface area (Å²) in [4.78, 5) is 26.6. The van der Waals surface area contributed by atoms with Gasteiger partial charge in [-0.25, -0.2) is 4.98 Å². The van der Waals surface area contributed by atoms with Crippen molar-refractivity contribution in [3.05, 3.63) is 30.3 Å². The number of ether oxygens (including phenoxy) is 1. The number of benzene rings is 1. The van der Waals surface area contributed by atoms with Crippen LogP contribution in [-0.2, 0) is 11.3 Å². The molecule has 0 radical (unpaired) electrons. The maximum atomic E-state index is 13.2. The Kier molecular flexibility index (Phi) is 8.49. The summed E-state index contributed by atoms with van der Waals surface area (Å²) < 4.78 is 11.6. The van der Waals surface area contributed by atoms with Crippen LogP contribution in [0.1, 0.15) is 71.6 Å². The zero-order valence-corrected chi connectivity index (χ0v) is 24.1. The highest BCUT2D eigenvalue weighted by Gasteiger charge is 2.41. The van der Waals surface area contributed by atoms with Crippen molar-refractivity contribution >= 4 is 29.0 Å². The highest BCUT2D eigenvalue weighted by Crippen LogP contribution is 2.40. The normalized spacial score (nSPS) is 17.6. The molecule has 1 atom stereocenters. The van der Waals surface area contributed by atoms with Crippen LogP contribution in [0, 0.1) is 0 Å². The molecule has 1 aromatic carbocycles. The van der Waals surface area contributed by atoms with E-state index < -0.39 is 0 Å². The Balaban J connectivity index is 1.38. The van der Waals surface area contributed by atoms with Crippen LogP contribution in [0.5, 0.6) is 5.75 Å². The number of carbonyl (C=O) groups is 1. The van der Waals surface area contributed by atoms with Crippen LogP contribution in [0.25, 0.3) is 11.5 Å². The molecule has 3 heterocycles. The van der Waals surface area contributed by atoms with Crippen LogP contribution in [0.15, 0.2) is 28.8 Å². The summed E-state index contributed by atoms with van der Waals surface area (Å²) >= 11 is 0. The van der Waals surface area contributed by atoms with Crippen molar-refractivity contribution in [1.82, 2.24) is 25.5 Å². The molecule has 0 bridgehead atoms. The number of rotatable bonds is 11. The number of nitrogens with one attached hydrogen (secondary N) is 2. The Bertz CT molecular complexity index is 1320. The fraction of sp³-hybridized carbons (Fsp3) is 0.552. The van der Waals surface area contributed by atoms with Crippen molar-refractivity contribution in [3.63, 3.8) is 0 Å². The third-order valence-corrected chi connectivity index (χ3v) is 8.10. The van der Waals surface area contributed by atoms with Crippen LogP contribution >= 0.6 is 0 Å². The van der Waals surface area contributed by atoms with Crippen molar-refractivity contribution in [2.24, 2.45) is 0 Å². The second kappa shape index (κ2) is 12.2. The molecule has 1 amide bonds. The van der Waals surface area contributed by atoms with E-state index in [2.05, 4.69) is 51.5 Å². The summed E-state index contributed by atoms with van der Waals surface area (Å²) in [5, 5.41) is 15.2. The molecule has 1 aliphatic carbocycles. The fourth-order valence-corrected chi connectivity index (χ4v) is 5.74.